The highest BCUT2D eigenvalue weighted by Gasteiger charge is 2.03. The molecule has 2 rings (SSSR count). The number of hydrogen-bond acceptors (Lipinski definition) is 3. The highest BCUT2D eigenvalue weighted by atomic mass is 16.1. The van der Waals surface area contributed by atoms with Crippen LogP contribution in [0.5, 0.6) is 0 Å². The van der Waals surface area contributed by atoms with Crippen LogP contribution < -0.4 is 10.9 Å². The quantitative estimate of drug-likeness (QED) is 0.898. The number of hydrogen-bond donors (Lipinski definition) is 1. The van der Waals surface area contributed by atoms with E-state index in [1.54, 1.807) is 6.92 Å². The number of aryl methyl sites for hydroxylation is 2. The summed E-state index contributed by atoms with van der Waals surface area (Å²) >= 11 is 0. The van der Waals surface area contributed by atoms with Gasteiger partial charge in [-0.15, -0.1) is 0 Å². The molecule has 2 aromatic rings. The van der Waals surface area contributed by atoms with E-state index in [0.717, 1.165) is 5.56 Å². The second-order valence-electron chi connectivity index (χ2n) is 5.07. The van der Waals surface area contributed by atoms with Gasteiger partial charge in [0, 0.05) is 24.8 Å². The zero-order valence-corrected chi connectivity index (χ0v) is 12.3. The maximum atomic E-state index is 11.8. The van der Waals surface area contributed by atoms with Crippen LogP contribution in [-0.2, 0) is 17.8 Å². The van der Waals surface area contributed by atoms with E-state index >= 15 is 0 Å². The highest BCUT2D eigenvalue weighted by Crippen LogP contribution is 2.03. The number of carbonyl (C=O) groups is 1. The third-order valence-electron chi connectivity index (χ3n) is 3.18. The Morgan fingerprint density at radius 2 is 1.95 bits per heavy atom. The van der Waals surface area contributed by atoms with Crippen LogP contribution in [0.1, 0.15) is 16.8 Å². The largest absolute Gasteiger partial charge is 0.354 e. The number of nitrogens with one attached hydrogen (secondary N) is 1. The first kappa shape index (κ1) is 15.0. The lowest BCUT2D eigenvalue weighted by Crippen LogP contribution is -2.31. The van der Waals surface area contributed by atoms with Gasteiger partial charge in [0.2, 0.25) is 5.91 Å². The summed E-state index contributed by atoms with van der Waals surface area (Å²) in [4.78, 5) is 27.5. The summed E-state index contributed by atoms with van der Waals surface area (Å²) in [7, 11) is 0. The number of rotatable bonds is 5. The SMILES string of the molecule is Cc1ccc(CC(=O)NCCn2cnc(C)cc2=O)cc1. The van der Waals surface area contributed by atoms with Gasteiger partial charge in [-0.3, -0.25) is 14.2 Å². The van der Waals surface area contributed by atoms with Gasteiger partial charge in [-0.2, -0.15) is 0 Å². The van der Waals surface area contributed by atoms with Gasteiger partial charge >= 0.3 is 0 Å². The van der Waals surface area contributed by atoms with Crippen molar-refractivity contribution in [1.29, 1.82) is 0 Å². The van der Waals surface area contributed by atoms with Gasteiger partial charge in [-0.1, -0.05) is 29.8 Å². The van der Waals surface area contributed by atoms with E-state index < -0.39 is 0 Å². The van der Waals surface area contributed by atoms with Crippen molar-refractivity contribution < 1.29 is 4.79 Å². The van der Waals surface area contributed by atoms with Crippen LogP contribution in [0.15, 0.2) is 41.5 Å². The molecule has 1 aromatic carbocycles. The molecular formula is C16H19N3O2. The molecule has 110 valence electrons. The minimum absolute atomic E-state index is 0.0491. The van der Waals surface area contributed by atoms with E-state index in [1.165, 1.54) is 22.5 Å². The molecule has 1 aromatic heterocycles. The smallest absolute Gasteiger partial charge is 0.253 e. The average Bonchev–Trinajstić information content (AvgIpc) is 2.44. The van der Waals surface area contributed by atoms with Crippen molar-refractivity contribution in [3.8, 4) is 0 Å². The van der Waals surface area contributed by atoms with Crippen LogP contribution in [0.4, 0.5) is 0 Å². The summed E-state index contributed by atoms with van der Waals surface area (Å²) in [6, 6.07) is 9.35. The van der Waals surface area contributed by atoms with Crippen molar-refractivity contribution in [3.63, 3.8) is 0 Å². The van der Waals surface area contributed by atoms with Crippen molar-refractivity contribution in [1.82, 2.24) is 14.9 Å². The molecule has 1 heterocycles. The van der Waals surface area contributed by atoms with E-state index in [-0.39, 0.29) is 11.5 Å². The molecule has 0 spiro atoms. The zero-order chi connectivity index (χ0) is 15.2. The molecule has 5 heteroatoms. The Bertz CT molecular complexity index is 675. The summed E-state index contributed by atoms with van der Waals surface area (Å²) < 4.78 is 1.49. The van der Waals surface area contributed by atoms with E-state index in [0.29, 0.717) is 25.2 Å². The Balaban J connectivity index is 1.81. The van der Waals surface area contributed by atoms with Gasteiger partial charge in [0.1, 0.15) is 0 Å². The molecule has 0 radical (unpaired) electrons. The van der Waals surface area contributed by atoms with Crippen LogP contribution >= 0.6 is 0 Å². The molecule has 0 saturated heterocycles. The Hall–Kier alpha value is -2.43. The molecule has 0 aliphatic carbocycles. The summed E-state index contributed by atoms with van der Waals surface area (Å²) in [5, 5.41) is 2.81. The number of carbonyl (C=O) groups excluding carboxylic acids is 1. The average molecular weight is 285 g/mol. The standard InChI is InChI=1S/C16H19N3O2/c1-12-3-5-14(6-4-12)10-15(20)17-7-8-19-11-18-13(2)9-16(19)21/h3-6,9,11H,7-8,10H2,1-2H3,(H,17,20). The Kier molecular flexibility index (Phi) is 4.87. The maximum Gasteiger partial charge on any atom is 0.253 e. The van der Waals surface area contributed by atoms with Gasteiger partial charge in [0.15, 0.2) is 0 Å². The Labute approximate surface area is 123 Å². The molecule has 0 bridgehead atoms. The third-order valence-corrected chi connectivity index (χ3v) is 3.18. The van der Waals surface area contributed by atoms with Crippen LogP contribution in [-0.4, -0.2) is 22.0 Å². The maximum absolute atomic E-state index is 11.8. The second kappa shape index (κ2) is 6.83. The first-order chi connectivity index (χ1) is 10.0. The number of nitrogens with zero attached hydrogens (tertiary/aromatic N) is 2. The lowest BCUT2D eigenvalue weighted by atomic mass is 10.1. The number of benzene rings is 1. The van der Waals surface area contributed by atoms with Crippen LogP contribution in [0.3, 0.4) is 0 Å². The van der Waals surface area contributed by atoms with E-state index in [9.17, 15) is 9.59 Å². The molecule has 1 amide bonds. The summed E-state index contributed by atoms with van der Waals surface area (Å²) in [5.74, 6) is -0.0491. The minimum atomic E-state index is -0.102. The molecule has 5 nitrogen and oxygen atoms in total. The predicted octanol–water partition coefficient (Wildman–Crippen LogP) is 1.22. The topological polar surface area (TPSA) is 64.0 Å². The van der Waals surface area contributed by atoms with Gasteiger partial charge in [0.05, 0.1) is 12.7 Å². The number of aromatic nitrogens is 2. The summed E-state index contributed by atoms with van der Waals surface area (Å²) in [6.45, 7) is 4.62. The Morgan fingerprint density at radius 1 is 1.24 bits per heavy atom. The van der Waals surface area contributed by atoms with Gasteiger partial charge in [0.25, 0.3) is 5.56 Å². The number of amides is 1. The van der Waals surface area contributed by atoms with Crippen molar-refractivity contribution in [3.05, 3.63) is 63.8 Å². The Morgan fingerprint density at radius 3 is 2.62 bits per heavy atom. The van der Waals surface area contributed by atoms with Crippen LogP contribution in [0, 0.1) is 13.8 Å². The van der Waals surface area contributed by atoms with Crippen molar-refractivity contribution in [2.75, 3.05) is 6.54 Å². The fraction of sp³-hybridized carbons (Fsp3) is 0.312. The van der Waals surface area contributed by atoms with Crippen molar-refractivity contribution >= 4 is 5.91 Å². The third kappa shape index (κ3) is 4.56. The fourth-order valence-corrected chi connectivity index (χ4v) is 1.95. The molecule has 0 aliphatic heterocycles. The molecular weight excluding hydrogens is 266 g/mol. The van der Waals surface area contributed by atoms with Crippen LogP contribution in [0.25, 0.3) is 0 Å². The van der Waals surface area contributed by atoms with Gasteiger partial charge in [-0.25, -0.2) is 4.98 Å². The first-order valence-electron chi connectivity index (χ1n) is 6.90. The first-order valence-corrected chi connectivity index (χ1v) is 6.90. The summed E-state index contributed by atoms with van der Waals surface area (Å²) in [6.07, 6.45) is 1.85. The molecule has 0 fully saturated rings. The lowest BCUT2D eigenvalue weighted by Gasteiger charge is -2.07. The highest BCUT2D eigenvalue weighted by molar-refractivity contribution is 5.78. The molecule has 21 heavy (non-hydrogen) atoms. The van der Waals surface area contributed by atoms with Crippen LogP contribution in [0.2, 0.25) is 0 Å². The predicted molar refractivity (Wildman–Crippen MR) is 81.1 cm³/mol. The monoisotopic (exact) mass is 285 g/mol. The minimum Gasteiger partial charge on any atom is -0.354 e. The van der Waals surface area contributed by atoms with E-state index in [4.69, 9.17) is 0 Å². The fourth-order valence-electron chi connectivity index (χ4n) is 1.95. The molecule has 0 unspecified atom stereocenters. The van der Waals surface area contributed by atoms with Crippen molar-refractivity contribution in [2.45, 2.75) is 26.8 Å². The van der Waals surface area contributed by atoms with Gasteiger partial charge < -0.3 is 5.32 Å². The van der Waals surface area contributed by atoms with E-state index in [1.807, 2.05) is 31.2 Å². The van der Waals surface area contributed by atoms with Crippen molar-refractivity contribution in [2.24, 2.45) is 0 Å². The zero-order valence-electron chi connectivity index (χ0n) is 12.3. The molecule has 1 N–H and O–H groups in total. The lowest BCUT2D eigenvalue weighted by molar-refractivity contribution is -0.120. The second-order valence-corrected chi connectivity index (χ2v) is 5.07. The molecule has 0 atom stereocenters. The normalized spacial score (nSPS) is 10.4. The van der Waals surface area contributed by atoms with E-state index in [2.05, 4.69) is 10.3 Å². The molecule has 0 saturated carbocycles. The van der Waals surface area contributed by atoms with Gasteiger partial charge in [-0.05, 0) is 19.4 Å². The summed E-state index contributed by atoms with van der Waals surface area (Å²) in [5.41, 5.74) is 2.74. The molecule has 0 aliphatic rings.